The molecular weight excluding hydrogens is 386 g/mol. The molecule has 0 aliphatic carbocycles. The first-order valence-corrected chi connectivity index (χ1v) is 9.17. The van der Waals surface area contributed by atoms with Crippen molar-refractivity contribution in [2.45, 2.75) is 44.4 Å². The number of nitrogens with one attached hydrogen (secondary N) is 2. The lowest BCUT2D eigenvalue weighted by Gasteiger charge is -2.32. The number of hydrogen-bond donors (Lipinski definition) is 2. The van der Waals surface area contributed by atoms with Crippen molar-refractivity contribution in [3.05, 3.63) is 59.8 Å². The fourth-order valence-electron chi connectivity index (χ4n) is 3.75. The number of hydrogen-bond acceptors (Lipinski definition) is 3. The number of ether oxygens (including phenoxy) is 1. The molecule has 3 aromatic rings. The Kier molecular flexibility index (Phi) is 5.84. The summed E-state index contributed by atoms with van der Waals surface area (Å²) in [7, 11) is 1.46. The average Bonchev–Trinajstić information content (AvgIpc) is 3.02. The highest BCUT2D eigenvalue weighted by Gasteiger charge is 2.36. The summed E-state index contributed by atoms with van der Waals surface area (Å²) in [4.78, 5) is 7.13. The van der Waals surface area contributed by atoms with Gasteiger partial charge in [0.15, 0.2) is 0 Å². The number of H-pyrrole nitrogens is 1. The molecule has 0 saturated carbocycles. The average molecular weight is 409 g/mol. The summed E-state index contributed by atoms with van der Waals surface area (Å²) in [5, 5.41) is 2.64. The molecule has 1 unspecified atom stereocenters. The molecular formula is C21H23F4N3O. The van der Waals surface area contributed by atoms with Gasteiger partial charge in [0.05, 0.1) is 18.8 Å². The zero-order valence-corrected chi connectivity index (χ0v) is 16.4. The molecule has 8 heteroatoms. The third kappa shape index (κ3) is 5.26. The standard InChI is InChI=1S/C21H23F4N3O/c1-20(2,17-9-14(22)4-5-19(17)29-3)11-16(28-21(23,24)25)10-15-8-13-6-7-26-12-18(13)27-15/h4-9,12,16,27-28H,10-11H2,1-3H3. The van der Waals surface area contributed by atoms with Gasteiger partial charge in [-0.25, -0.2) is 9.71 Å². The maximum absolute atomic E-state index is 13.8. The van der Waals surface area contributed by atoms with Crippen LogP contribution in [0.1, 0.15) is 31.5 Å². The van der Waals surface area contributed by atoms with Gasteiger partial charge in [-0.15, -0.1) is 0 Å². The topological polar surface area (TPSA) is 49.9 Å². The number of methoxy groups -OCH3 is 1. The van der Waals surface area contributed by atoms with Gasteiger partial charge in [-0.2, -0.15) is 13.2 Å². The molecule has 0 radical (unpaired) electrons. The lowest BCUT2D eigenvalue weighted by atomic mass is 9.77. The quantitative estimate of drug-likeness (QED) is 0.422. The maximum atomic E-state index is 13.8. The van der Waals surface area contributed by atoms with E-state index >= 15 is 0 Å². The smallest absolute Gasteiger partial charge is 0.457 e. The van der Waals surface area contributed by atoms with E-state index in [0.29, 0.717) is 17.0 Å². The minimum absolute atomic E-state index is 0.111. The van der Waals surface area contributed by atoms with Crippen LogP contribution in [-0.2, 0) is 11.8 Å². The number of halogens is 4. The van der Waals surface area contributed by atoms with Gasteiger partial charge >= 0.3 is 6.30 Å². The lowest BCUT2D eigenvalue weighted by molar-refractivity contribution is -0.165. The summed E-state index contributed by atoms with van der Waals surface area (Å²) >= 11 is 0. The predicted octanol–water partition coefficient (Wildman–Crippen LogP) is 5.10. The Hall–Kier alpha value is -2.61. The summed E-state index contributed by atoms with van der Waals surface area (Å²) in [6.45, 7) is 3.56. The van der Waals surface area contributed by atoms with E-state index in [1.807, 2.05) is 6.07 Å². The normalized spacial score (nSPS) is 13.6. The molecule has 0 fully saturated rings. The first-order chi connectivity index (χ1) is 13.6. The minimum Gasteiger partial charge on any atom is -0.496 e. The van der Waals surface area contributed by atoms with Gasteiger partial charge in [0.25, 0.3) is 0 Å². The second kappa shape index (κ2) is 8.02. The molecule has 0 spiro atoms. The van der Waals surface area contributed by atoms with E-state index in [0.717, 1.165) is 10.9 Å². The van der Waals surface area contributed by atoms with Crippen LogP contribution in [0.3, 0.4) is 0 Å². The SMILES string of the molecule is COc1ccc(F)cc1C(C)(C)CC(Cc1cc2ccncc2[nH]1)NC(F)(F)F. The molecule has 2 aromatic heterocycles. The van der Waals surface area contributed by atoms with E-state index < -0.39 is 23.6 Å². The molecule has 29 heavy (non-hydrogen) atoms. The Bertz CT molecular complexity index is 948. The van der Waals surface area contributed by atoms with Gasteiger partial charge < -0.3 is 9.72 Å². The van der Waals surface area contributed by atoms with Crippen LogP contribution in [0.4, 0.5) is 17.6 Å². The second-order valence-corrected chi connectivity index (χ2v) is 7.73. The van der Waals surface area contributed by atoms with Gasteiger partial charge in [0.1, 0.15) is 11.6 Å². The maximum Gasteiger partial charge on any atom is 0.457 e. The molecule has 0 amide bonds. The Balaban J connectivity index is 1.89. The number of pyridine rings is 1. The van der Waals surface area contributed by atoms with Gasteiger partial charge in [-0.3, -0.25) is 4.98 Å². The Morgan fingerprint density at radius 1 is 1.17 bits per heavy atom. The summed E-state index contributed by atoms with van der Waals surface area (Å²) < 4.78 is 58.7. The highest BCUT2D eigenvalue weighted by molar-refractivity contribution is 5.79. The van der Waals surface area contributed by atoms with Gasteiger partial charge in [0.2, 0.25) is 0 Å². The molecule has 0 saturated heterocycles. The summed E-state index contributed by atoms with van der Waals surface area (Å²) in [6.07, 6.45) is -1.05. The monoisotopic (exact) mass is 409 g/mol. The molecule has 4 nitrogen and oxygen atoms in total. The van der Waals surface area contributed by atoms with Crippen LogP contribution in [0.25, 0.3) is 10.9 Å². The molecule has 0 aliphatic rings. The summed E-state index contributed by atoms with van der Waals surface area (Å²) in [5.74, 6) is -0.0174. The van der Waals surface area contributed by atoms with Gasteiger partial charge in [-0.1, -0.05) is 13.8 Å². The van der Waals surface area contributed by atoms with E-state index in [1.54, 1.807) is 37.6 Å². The number of nitrogens with zero attached hydrogens (tertiary/aromatic N) is 1. The van der Waals surface area contributed by atoms with Crippen molar-refractivity contribution in [1.29, 1.82) is 0 Å². The fraction of sp³-hybridized carbons (Fsp3) is 0.381. The van der Waals surface area contributed by atoms with Crippen molar-refractivity contribution in [2.75, 3.05) is 7.11 Å². The van der Waals surface area contributed by atoms with Crippen LogP contribution in [0.15, 0.2) is 42.7 Å². The van der Waals surface area contributed by atoms with Crippen molar-refractivity contribution in [3.63, 3.8) is 0 Å². The van der Waals surface area contributed by atoms with Gasteiger partial charge in [-0.05, 0) is 42.2 Å². The molecule has 3 rings (SSSR count). The number of alkyl halides is 3. The van der Waals surface area contributed by atoms with Crippen LogP contribution in [0.2, 0.25) is 0 Å². The molecule has 1 atom stereocenters. The van der Waals surface area contributed by atoms with Crippen LogP contribution < -0.4 is 10.1 Å². The van der Waals surface area contributed by atoms with Crippen molar-refractivity contribution in [1.82, 2.24) is 15.3 Å². The van der Waals surface area contributed by atoms with Crippen molar-refractivity contribution in [2.24, 2.45) is 0 Å². The van der Waals surface area contributed by atoms with E-state index in [9.17, 15) is 17.6 Å². The highest BCUT2D eigenvalue weighted by Crippen LogP contribution is 2.36. The van der Waals surface area contributed by atoms with Gasteiger partial charge in [0, 0.05) is 35.3 Å². The first kappa shape index (κ1) is 21.1. The number of benzene rings is 1. The summed E-state index contributed by atoms with van der Waals surface area (Å²) in [6, 6.07) is 6.75. The third-order valence-electron chi connectivity index (χ3n) is 4.96. The molecule has 2 heterocycles. The van der Waals surface area contributed by atoms with Crippen LogP contribution in [0, 0.1) is 5.82 Å². The molecule has 0 bridgehead atoms. The second-order valence-electron chi connectivity index (χ2n) is 7.73. The number of fused-ring (bicyclic) bond motifs is 1. The summed E-state index contributed by atoms with van der Waals surface area (Å²) in [5.41, 5.74) is 1.18. The lowest BCUT2D eigenvalue weighted by Crippen LogP contribution is -2.45. The van der Waals surface area contributed by atoms with E-state index in [-0.39, 0.29) is 12.8 Å². The zero-order chi connectivity index (χ0) is 21.2. The van der Waals surface area contributed by atoms with Crippen LogP contribution in [-0.4, -0.2) is 29.4 Å². The predicted molar refractivity (Wildman–Crippen MR) is 103 cm³/mol. The highest BCUT2D eigenvalue weighted by atomic mass is 19.4. The number of aromatic nitrogens is 2. The number of aromatic amines is 1. The minimum atomic E-state index is -4.54. The zero-order valence-electron chi connectivity index (χ0n) is 16.4. The van der Waals surface area contributed by atoms with E-state index in [4.69, 9.17) is 4.74 Å². The Labute approximate surface area is 166 Å². The molecule has 156 valence electrons. The van der Waals surface area contributed by atoms with E-state index in [1.165, 1.54) is 25.3 Å². The molecule has 0 aliphatic heterocycles. The Morgan fingerprint density at radius 3 is 2.59 bits per heavy atom. The van der Waals surface area contributed by atoms with Crippen molar-refractivity contribution in [3.8, 4) is 5.75 Å². The Morgan fingerprint density at radius 2 is 1.93 bits per heavy atom. The largest absolute Gasteiger partial charge is 0.496 e. The first-order valence-electron chi connectivity index (χ1n) is 9.17. The van der Waals surface area contributed by atoms with Crippen LogP contribution in [0.5, 0.6) is 5.75 Å². The molecule has 1 aromatic carbocycles. The van der Waals surface area contributed by atoms with E-state index in [2.05, 4.69) is 9.97 Å². The number of rotatable bonds is 7. The molecule has 2 N–H and O–H groups in total. The fourth-order valence-corrected chi connectivity index (χ4v) is 3.75. The van der Waals surface area contributed by atoms with Crippen molar-refractivity contribution >= 4 is 10.9 Å². The van der Waals surface area contributed by atoms with Crippen molar-refractivity contribution < 1.29 is 22.3 Å². The third-order valence-corrected chi connectivity index (χ3v) is 4.96. The van der Waals surface area contributed by atoms with Crippen LogP contribution >= 0.6 is 0 Å².